The number of alkyl halides is 3. The molecule has 7 nitrogen and oxygen atoms in total. The topological polar surface area (TPSA) is 85.0 Å². The second-order valence-electron chi connectivity index (χ2n) is 8.61. The van der Waals surface area contributed by atoms with Gasteiger partial charge in [-0.25, -0.2) is 4.79 Å². The molecule has 0 amide bonds. The van der Waals surface area contributed by atoms with Crippen LogP contribution in [-0.4, -0.2) is 35.3 Å². The number of aliphatic carboxylic acids is 1. The fraction of sp³-hybridized carbons (Fsp3) is 0.286. The number of oxazole rings is 1. The van der Waals surface area contributed by atoms with Crippen molar-refractivity contribution >= 4 is 23.1 Å². The van der Waals surface area contributed by atoms with E-state index >= 15 is 0 Å². The number of carboxylic acid groups (broad SMARTS) is 1. The van der Waals surface area contributed by atoms with Gasteiger partial charge in [0, 0.05) is 13.1 Å². The first-order chi connectivity index (χ1) is 18.2. The highest BCUT2D eigenvalue weighted by molar-refractivity contribution is 5.75. The predicted octanol–water partition coefficient (Wildman–Crippen LogP) is 6.56. The highest BCUT2D eigenvalue weighted by atomic mass is 19.4. The zero-order valence-electron chi connectivity index (χ0n) is 20.6. The minimum Gasteiger partial charge on any atom is -0.494 e. The molecule has 3 aromatic carbocycles. The van der Waals surface area contributed by atoms with Gasteiger partial charge in [-0.2, -0.15) is 18.2 Å². The minimum absolute atomic E-state index is 0.102. The maximum absolute atomic E-state index is 13.2. The number of rotatable bonds is 12. The van der Waals surface area contributed by atoms with E-state index in [9.17, 15) is 23.1 Å². The molecule has 1 heterocycles. The summed E-state index contributed by atoms with van der Waals surface area (Å²) >= 11 is 0. The monoisotopic (exact) mass is 528 g/mol. The molecule has 0 saturated carbocycles. The fourth-order valence-corrected chi connectivity index (χ4v) is 3.84. The van der Waals surface area contributed by atoms with Crippen molar-refractivity contribution in [1.29, 1.82) is 0 Å². The molecular weight excluding hydrogens is 501 g/mol. The van der Waals surface area contributed by atoms with Crippen molar-refractivity contribution in [2.24, 2.45) is 0 Å². The average molecular weight is 529 g/mol. The quantitative estimate of drug-likeness (QED) is 0.208. The molecule has 0 spiro atoms. The van der Waals surface area contributed by atoms with Gasteiger partial charge >= 0.3 is 12.1 Å². The molecule has 0 fully saturated rings. The summed E-state index contributed by atoms with van der Waals surface area (Å²) in [6.45, 7) is 2.85. The maximum Gasteiger partial charge on any atom is 0.416 e. The van der Waals surface area contributed by atoms with Gasteiger partial charge in [0.1, 0.15) is 17.0 Å². The lowest BCUT2D eigenvalue weighted by molar-refractivity contribution is -0.145. The number of ether oxygens (including phenoxy) is 2. The van der Waals surface area contributed by atoms with Gasteiger partial charge in [-0.15, -0.1) is 0 Å². The molecule has 10 heteroatoms. The van der Waals surface area contributed by atoms with E-state index in [4.69, 9.17) is 13.9 Å². The summed E-state index contributed by atoms with van der Waals surface area (Å²) in [7, 11) is 0. The third-order valence-corrected chi connectivity index (χ3v) is 5.75. The number of carboxylic acids is 1. The van der Waals surface area contributed by atoms with Crippen molar-refractivity contribution in [3.8, 4) is 11.5 Å². The Balaban J connectivity index is 1.55. The number of anilines is 1. The number of fused-ring (bicyclic) bond motifs is 1. The van der Waals surface area contributed by atoms with Crippen LogP contribution in [0, 0.1) is 0 Å². The van der Waals surface area contributed by atoms with Crippen LogP contribution in [0.5, 0.6) is 11.5 Å². The van der Waals surface area contributed by atoms with E-state index in [0.717, 1.165) is 23.4 Å². The summed E-state index contributed by atoms with van der Waals surface area (Å²) in [6.07, 6.45) is -4.59. The molecule has 0 saturated heterocycles. The Morgan fingerprint density at radius 2 is 1.82 bits per heavy atom. The third-order valence-electron chi connectivity index (χ3n) is 5.75. The van der Waals surface area contributed by atoms with Gasteiger partial charge < -0.3 is 23.9 Å². The number of para-hydroxylation sites is 1. The summed E-state index contributed by atoms with van der Waals surface area (Å²) in [5, 5.41) is 9.30. The summed E-state index contributed by atoms with van der Waals surface area (Å²) in [5.74, 6) is 0.0773. The molecule has 0 bridgehead atoms. The van der Waals surface area contributed by atoms with Crippen molar-refractivity contribution in [3.05, 3.63) is 83.9 Å². The SMILES string of the molecule is CCC(Oc1cccc(CN(CCCOc2ccccc2)c2nc3cc(C(F)(F)F)ccc3o2)c1)C(=O)O. The summed E-state index contributed by atoms with van der Waals surface area (Å²) in [5.41, 5.74) is 0.318. The molecule has 0 aliphatic rings. The van der Waals surface area contributed by atoms with Crippen LogP contribution in [0.1, 0.15) is 30.9 Å². The lowest BCUT2D eigenvalue weighted by atomic mass is 10.2. The molecule has 200 valence electrons. The van der Waals surface area contributed by atoms with Crippen LogP contribution in [0.15, 0.2) is 77.2 Å². The lowest BCUT2D eigenvalue weighted by Gasteiger charge is -2.21. The molecule has 1 N–H and O–H groups in total. The number of hydrogen-bond donors (Lipinski definition) is 1. The van der Waals surface area contributed by atoms with Crippen molar-refractivity contribution < 1.29 is 37.0 Å². The van der Waals surface area contributed by atoms with Gasteiger partial charge in [0.25, 0.3) is 6.01 Å². The van der Waals surface area contributed by atoms with Crippen molar-refractivity contribution in [3.63, 3.8) is 0 Å². The standard InChI is InChI=1S/C28H27F3N2O5/c1-2-24(26(34)35)37-22-11-6-8-19(16-22)18-33(14-7-15-36-21-9-4-3-5-10-21)27-32-23-17-20(28(29,30)31)12-13-25(23)38-27/h3-6,8-13,16-17,24H,2,7,14-15,18H2,1H3,(H,34,35). The molecule has 1 aromatic heterocycles. The van der Waals surface area contributed by atoms with Crippen LogP contribution < -0.4 is 14.4 Å². The van der Waals surface area contributed by atoms with E-state index in [-0.39, 0.29) is 17.1 Å². The zero-order valence-corrected chi connectivity index (χ0v) is 20.6. The van der Waals surface area contributed by atoms with E-state index in [2.05, 4.69) is 4.98 Å². The van der Waals surface area contributed by atoms with Crippen LogP contribution in [0.25, 0.3) is 11.1 Å². The summed E-state index contributed by atoms with van der Waals surface area (Å²) < 4.78 is 56.8. The molecule has 1 atom stereocenters. The van der Waals surface area contributed by atoms with E-state index in [1.54, 1.807) is 30.0 Å². The Bertz CT molecular complexity index is 1360. The highest BCUT2D eigenvalue weighted by Gasteiger charge is 2.31. The Morgan fingerprint density at radius 1 is 1.05 bits per heavy atom. The molecule has 0 aliphatic carbocycles. The van der Waals surface area contributed by atoms with Crippen LogP contribution in [0.3, 0.4) is 0 Å². The number of benzene rings is 3. The average Bonchev–Trinajstić information content (AvgIpc) is 3.33. The first-order valence-electron chi connectivity index (χ1n) is 12.1. The molecule has 1 unspecified atom stereocenters. The van der Waals surface area contributed by atoms with Gasteiger partial charge in [0.15, 0.2) is 11.7 Å². The van der Waals surface area contributed by atoms with Gasteiger partial charge in [0.05, 0.1) is 12.2 Å². The minimum atomic E-state index is -4.49. The first kappa shape index (κ1) is 26.8. The van der Waals surface area contributed by atoms with Crippen LogP contribution in [0.4, 0.5) is 19.2 Å². The molecule has 4 aromatic rings. The Kier molecular flexibility index (Phi) is 8.40. The second kappa shape index (κ2) is 11.9. The molecule has 0 radical (unpaired) electrons. The smallest absolute Gasteiger partial charge is 0.416 e. The van der Waals surface area contributed by atoms with Crippen molar-refractivity contribution in [2.45, 2.75) is 38.6 Å². The molecule has 4 rings (SSSR count). The van der Waals surface area contributed by atoms with E-state index in [1.165, 1.54) is 6.07 Å². The Hall–Kier alpha value is -4.21. The van der Waals surface area contributed by atoms with Crippen molar-refractivity contribution in [1.82, 2.24) is 4.98 Å². The number of carbonyl (C=O) groups is 1. The fourth-order valence-electron chi connectivity index (χ4n) is 3.84. The van der Waals surface area contributed by atoms with E-state index in [1.807, 2.05) is 36.4 Å². The summed E-state index contributed by atoms with van der Waals surface area (Å²) in [4.78, 5) is 17.5. The molecule has 0 aliphatic heterocycles. The number of hydrogen-bond acceptors (Lipinski definition) is 6. The van der Waals surface area contributed by atoms with Gasteiger partial charge in [0.2, 0.25) is 0 Å². The first-order valence-corrected chi connectivity index (χ1v) is 12.1. The Morgan fingerprint density at radius 3 is 2.53 bits per heavy atom. The van der Waals surface area contributed by atoms with Gasteiger partial charge in [-0.3, -0.25) is 0 Å². The molecule has 38 heavy (non-hydrogen) atoms. The maximum atomic E-state index is 13.2. The largest absolute Gasteiger partial charge is 0.494 e. The van der Waals surface area contributed by atoms with Gasteiger partial charge in [-0.05, 0) is 60.9 Å². The third kappa shape index (κ3) is 6.96. The van der Waals surface area contributed by atoms with E-state index < -0.39 is 23.8 Å². The molecular formula is C28H27F3N2O5. The van der Waals surface area contributed by atoms with Crippen molar-refractivity contribution in [2.75, 3.05) is 18.1 Å². The lowest BCUT2D eigenvalue weighted by Crippen LogP contribution is -2.27. The second-order valence-corrected chi connectivity index (χ2v) is 8.61. The van der Waals surface area contributed by atoms with Gasteiger partial charge in [-0.1, -0.05) is 37.3 Å². The highest BCUT2D eigenvalue weighted by Crippen LogP contribution is 2.33. The predicted molar refractivity (Wildman–Crippen MR) is 135 cm³/mol. The van der Waals surface area contributed by atoms with E-state index in [0.29, 0.717) is 38.3 Å². The summed E-state index contributed by atoms with van der Waals surface area (Å²) in [6, 6.07) is 19.7. The Labute approximate surface area is 217 Å². The zero-order chi connectivity index (χ0) is 27.1. The number of aromatic nitrogens is 1. The van der Waals surface area contributed by atoms with Crippen LogP contribution >= 0.6 is 0 Å². The van der Waals surface area contributed by atoms with Crippen LogP contribution in [0.2, 0.25) is 0 Å². The number of halogens is 3. The number of nitrogens with zero attached hydrogens (tertiary/aromatic N) is 2. The normalized spacial score (nSPS) is 12.3. The van der Waals surface area contributed by atoms with Crippen LogP contribution in [-0.2, 0) is 17.5 Å².